The molecular formula is C15H19NO6. The highest BCUT2D eigenvalue weighted by molar-refractivity contribution is 5.81. The maximum atomic E-state index is 11.6. The molecule has 0 saturated carbocycles. The Morgan fingerprint density at radius 1 is 1.41 bits per heavy atom. The second-order valence-electron chi connectivity index (χ2n) is 4.54. The Morgan fingerprint density at radius 2 is 2.09 bits per heavy atom. The van der Waals surface area contributed by atoms with Gasteiger partial charge in [-0.25, -0.2) is 4.79 Å². The van der Waals surface area contributed by atoms with Crippen molar-refractivity contribution in [3.63, 3.8) is 0 Å². The van der Waals surface area contributed by atoms with Crippen molar-refractivity contribution in [2.24, 2.45) is 0 Å². The molecule has 0 amide bonds. The molecule has 22 heavy (non-hydrogen) atoms. The fourth-order valence-electron chi connectivity index (χ4n) is 1.70. The zero-order valence-electron chi connectivity index (χ0n) is 12.3. The van der Waals surface area contributed by atoms with Crippen LogP contribution in [0.25, 0.3) is 0 Å². The molecule has 1 atom stereocenters. The minimum absolute atomic E-state index is 0.0250. The number of aliphatic hydroxyl groups is 1. The summed E-state index contributed by atoms with van der Waals surface area (Å²) in [4.78, 5) is 21.4. The van der Waals surface area contributed by atoms with E-state index in [0.717, 1.165) is 11.6 Å². The standard InChI is InChI=1S/C15H19NO6/c1-2-22-14(17)15(18,12-16(19)20)9-6-10-21-11-13-7-4-3-5-8-13/h3-9,18H,2,10-12H2,1H3/b9-6+/t15-/m0/s1. The first kappa shape index (κ1) is 17.8. The molecule has 0 aliphatic heterocycles. The van der Waals surface area contributed by atoms with Gasteiger partial charge < -0.3 is 14.6 Å². The third kappa shape index (κ3) is 6.02. The summed E-state index contributed by atoms with van der Waals surface area (Å²) in [5.74, 6) is -1.05. The third-order valence-electron chi connectivity index (χ3n) is 2.72. The lowest BCUT2D eigenvalue weighted by atomic mass is 10.0. The molecule has 0 unspecified atom stereocenters. The maximum absolute atomic E-state index is 11.6. The molecule has 0 radical (unpaired) electrons. The highest BCUT2D eigenvalue weighted by Crippen LogP contribution is 2.11. The minimum Gasteiger partial charge on any atom is -0.463 e. The largest absolute Gasteiger partial charge is 0.463 e. The van der Waals surface area contributed by atoms with Crippen LogP contribution < -0.4 is 0 Å². The topological polar surface area (TPSA) is 98.9 Å². The Morgan fingerprint density at radius 3 is 2.68 bits per heavy atom. The van der Waals surface area contributed by atoms with E-state index in [0.29, 0.717) is 6.61 Å². The maximum Gasteiger partial charge on any atom is 0.349 e. The molecule has 0 fully saturated rings. The van der Waals surface area contributed by atoms with Crippen LogP contribution in [0.1, 0.15) is 12.5 Å². The normalized spacial score (nSPS) is 13.7. The predicted octanol–water partition coefficient (Wildman–Crippen LogP) is 1.33. The van der Waals surface area contributed by atoms with E-state index in [1.54, 1.807) is 6.92 Å². The summed E-state index contributed by atoms with van der Waals surface area (Å²) in [6.45, 7) is 1.09. The van der Waals surface area contributed by atoms with E-state index in [1.165, 1.54) is 6.08 Å². The Labute approximate surface area is 128 Å². The summed E-state index contributed by atoms with van der Waals surface area (Å²) >= 11 is 0. The average molecular weight is 309 g/mol. The molecule has 0 aliphatic carbocycles. The first-order valence-corrected chi connectivity index (χ1v) is 6.78. The molecule has 7 nitrogen and oxygen atoms in total. The number of nitrogens with zero attached hydrogens (tertiary/aromatic N) is 1. The lowest BCUT2D eigenvalue weighted by Gasteiger charge is -2.17. The number of hydrogen-bond acceptors (Lipinski definition) is 6. The minimum atomic E-state index is -2.28. The van der Waals surface area contributed by atoms with Gasteiger partial charge >= 0.3 is 5.97 Å². The molecule has 7 heteroatoms. The monoisotopic (exact) mass is 309 g/mol. The zero-order valence-corrected chi connectivity index (χ0v) is 12.3. The molecule has 1 aromatic carbocycles. The van der Waals surface area contributed by atoms with Gasteiger partial charge in [0, 0.05) is 4.92 Å². The van der Waals surface area contributed by atoms with Crippen LogP contribution in [0.2, 0.25) is 0 Å². The lowest BCUT2D eigenvalue weighted by molar-refractivity contribution is -0.494. The molecule has 1 rings (SSSR count). The van der Waals surface area contributed by atoms with Crippen molar-refractivity contribution in [3.05, 3.63) is 58.2 Å². The van der Waals surface area contributed by atoms with Gasteiger partial charge in [-0.05, 0) is 18.6 Å². The number of nitro groups is 1. The molecule has 0 aliphatic rings. The summed E-state index contributed by atoms with van der Waals surface area (Å²) in [6.07, 6.45) is 2.40. The highest BCUT2D eigenvalue weighted by atomic mass is 16.6. The number of ether oxygens (including phenoxy) is 2. The highest BCUT2D eigenvalue weighted by Gasteiger charge is 2.40. The quantitative estimate of drug-likeness (QED) is 0.243. The van der Waals surface area contributed by atoms with Gasteiger partial charge in [0.1, 0.15) is 0 Å². The summed E-state index contributed by atoms with van der Waals surface area (Å²) in [5, 5.41) is 20.6. The van der Waals surface area contributed by atoms with Gasteiger partial charge in [-0.3, -0.25) is 10.1 Å². The molecule has 120 valence electrons. The Balaban J connectivity index is 2.54. The second kappa shape index (κ2) is 8.91. The van der Waals surface area contributed by atoms with E-state index in [4.69, 9.17) is 4.74 Å². The van der Waals surface area contributed by atoms with Gasteiger partial charge in [0.2, 0.25) is 12.1 Å². The van der Waals surface area contributed by atoms with Crippen LogP contribution in [0.15, 0.2) is 42.5 Å². The van der Waals surface area contributed by atoms with Gasteiger partial charge in [-0.15, -0.1) is 0 Å². The van der Waals surface area contributed by atoms with Crippen molar-refractivity contribution in [2.75, 3.05) is 19.8 Å². The molecule has 1 aromatic rings. The molecule has 0 spiro atoms. The van der Waals surface area contributed by atoms with Crippen molar-refractivity contribution in [1.82, 2.24) is 0 Å². The first-order valence-electron chi connectivity index (χ1n) is 6.78. The fraction of sp³-hybridized carbons (Fsp3) is 0.400. The van der Waals surface area contributed by atoms with Gasteiger partial charge in [0.15, 0.2) is 0 Å². The number of rotatable bonds is 9. The first-order chi connectivity index (χ1) is 10.5. The zero-order chi connectivity index (χ0) is 16.4. The van der Waals surface area contributed by atoms with E-state index in [2.05, 4.69) is 4.74 Å². The molecule has 1 N–H and O–H groups in total. The van der Waals surface area contributed by atoms with Crippen LogP contribution in [-0.2, 0) is 20.9 Å². The number of esters is 1. The SMILES string of the molecule is CCOC(=O)[C@](O)(/C=C/COCc1ccccc1)C[N+](=O)[O-]. The van der Waals surface area contributed by atoms with Crippen molar-refractivity contribution in [3.8, 4) is 0 Å². The number of benzene rings is 1. The van der Waals surface area contributed by atoms with E-state index >= 15 is 0 Å². The third-order valence-corrected chi connectivity index (χ3v) is 2.72. The van der Waals surface area contributed by atoms with Crippen LogP contribution in [0.5, 0.6) is 0 Å². The fourth-order valence-corrected chi connectivity index (χ4v) is 1.70. The molecule has 0 heterocycles. The molecule has 0 aromatic heterocycles. The summed E-state index contributed by atoms with van der Waals surface area (Å²) < 4.78 is 9.99. The lowest BCUT2D eigenvalue weighted by Crippen LogP contribution is -2.44. The van der Waals surface area contributed by atoms with Crippen molar-refractivity contribution in [1.29, 1.82) is 0 Å². The van der Waals surface area contributed by atoms with Crippen molar-refractivity contribution < 1.29 is 24.3 Å². The predicted molar refractivity (Wildman–Crippen MR) is 78.7 cm³/mol. The van der Waals surface area contributed by atoms with E-state index in [-0.39, 0.29) is 13.2 Å². The summed E-state index contributed by atoms with van der Waals surface area (Å²) in [7, 11) is 0. The van der Waals surface area contributed by atoms with Crippen LogP contribution in [0.4, 0.5) is 0 Å². The number of hydrogen-bond donors (Lipinski definition) is 1. The van der Waals surface area contributed by atoms with Gasteiger partial charge in [-0.2, -0.15) is 0 Å². The smallest absolute Gasteiger partial charge is 0.349 e. The Bertz CT molecular complexity index is 516. The van der Waals surface area contributed by atoms with E-state index in [1.807, 2.05) is 30.3 Å². The van der Waals surface area contributed by atoms with Crippen molar-refractivity contribution in [2.45, 2.75) is 19.1 Å². The van der Waals surface area contributed by atoms with Crippen LogP contribution in [-0.4, -0.2) is 41.4 Å². The van der Waals surface area contributed by atoms with E-state index < -0.39 is 23.0 Å². The molecule has 0 bridgehead atoms. The number of carbonyl (C=O) groups is 1. The summed E-state index contributed by atoms with van der Waals surface area (Å²) in [5.41, 5.74) is -1.31. The van der Waals surface area contributed by atoms with Gasteiger partial charge in [0.25, 0.3) is 0 Å². The van der Waals surface area contributed by atoms with Gasteiger partial charge in [-0.1, -0.05) is 36.4 Å². The van der Waals surface area contributed by atoms with Gasteiger partial charge in [0.05, 0.1) is 19.8 Å². The molecular weight excluding hydrogens is 290 g/mol. The van der Waals surface area contributed by atoms with Crippen LogP contribution in [0, 0.1) is 10.1 Å². The second-order valence-corrected chi connectivity index (χ2v) is 4.54. The summed E-state index contributed by atoms with van der Waals surface area (Å²) in [6, 6.07) is 9.44. The Kier molecular flexibility index (Phi) is 7.21. The molecule has 0 saturated heterocycles. The number of carbonyl (C=O) groups excluding carboxylic acids is 1. The van der Waals surface area contributed by atoms with Crippen LogP contribution >= 0.6 is 0 Å². The van der Waals surface area contributed by atoms with Crippen molar-refractivity contribution >= 4 is 5.97 Å². The Hall–Kier alpha value is -2.25. The average Bonchev–Trinajstić information content (AvgIpc) is 2.47. The van der Waals surface area contributed by atoms with E-state index in [9.17, 15) is 20.0 Å². The van der Waals surface area contributed by atoms with Crippen LogP contribution in [0.3, 0.4) is 0 Å².